The predicted octanol–water partition coefficient (Wildman–Crippen LogP) is 5.47. The van der Waals surface area contributed by atoms with Gasteiger partial charge < -0.3 is 19.5 Å². The van der Waals surface area contributed by atoms with Crippen LogP contribution in [0.2, 0.25) is 0 Å². The Morgan fingerprint density at radius 2 is 1.92 bits per heavy atom. The van der Waals surface area contributed by atoms with Crippen molar-refractivity contribution >= 4 is 34.8 Å². The number of hydrogen-bond acceptors (Lipinski definition) is 8. The zero-order valence-electron chi connectivity index (χ0n) is 28.4. The van der Waals surface area contributed by atoms with Crippen LogP contribution in [0.3, 0.4) is 0 Å². The van der Waals surface area contributed by atoms with Gasteiger partial charge in [0.1, 0.15) is 11.8 Å². The van der Waals surface area contributed by atoms with E-state index in [2.05, 4.69) is 55.3 Å². The first-order chi connectivity index (χ1) is 23.9. The van der Waals surface area contributed by atoms with Crippen LogP contribution in [0, 0.1) is 5.92 Å². The Morgan fingerprint density at radius 3 is 2.65 bits per heavy atom. The average molecular weight is 664 g/mol. The molecule has 0 spiro atoms. The van der Waals surface area contributed by atoms with Crippen LogP contribution in [0.25, 0.3) is 22.3 Å². The number of carbonyl (C=O) groups is 3. The van der Waals surface area contributed by atoms with Gasteiger partial charge in [-0.1, -0.05) is 19.4 Å². The molecule has 3 aromatic heterocycles. The second-order valence-electron chi connectivity index (χ2n) is 13.6. The lowest BCUT2D eigenvalue weighted by Crippen LogP contribution is -2.46. The third-order valence-corrected chi connectivity index (χ3v) is 10.6. The molecule has 0 saturated carbocycles. The summed E-state index contributed by atoms with van der Waals surface area (Å²) in [6, 6.07) is 13.9. The number of rotatable bonds is 12. The van der Waals surface area contributed by atoms with Gasteiger partial charge in [-0.3, -0.25) is 34.6 Å². The van der Waals surface area contributed by atoms with Gasteiger partial charge in [0.15, 0.2) is 0 Å². The molecule has 6 heterocycles. The van der Waals surface area contributed by atoms with Crippen molar-refractivity contribution in [1.82, 2.24) is 30.1 Å². The number of H-pyrrole nitrogens is 1. The molecule has 49 heavy (non-hydrogen) atoms. The lowest BCUT2D eigenvalue weighted by atomic mass is 9.93. The molecule has 4 aromatic rings. The smallest absolute Gasteiger partial charge is 0.255 e. The number of fused-ring (bicyclic) bond motifs is 2. The molecule has 2 atom stereocenters. The van der Waals surface area contributed by atoms with Crippen LogP contribution in [0.4, 0.5) is 5.69 Å². The summed E-state index contributed by atoms with van der Waals surface area (Å²) in [5, 5.41) is 3.37. The van der Waals surface area contributed by atoms with E-state index in [1.54, 1.807) is 11.1 Å². The first-order valence-corrected chi connectivity index (χ1v) is 17.6. The maximum atomic E-state index is 13.3. The number of hydrogen-bond donors (Lipinski definition) is 2. The van der Waals surface area contributed by atoms with Crippen molar-refractivity contribution in [1.29, 1.82) is 0 Å². The Kier molecular flexibility index (Phi) is 9.61. The molecule has 7 rings (SSSR count). The van der Waals surface area contributed by atoms with Crippen LogP contribution < -0.4 is 15.0 Å². The maximum absolute atomic E-state index is 13.3. The number of piperidine rings is 1. The standard InChI is InChI=1S/C38H45N7O4/c1-3-6-36(37(47)41-24-46)45-23-29-28(38(45)48)7-4-8-34(29)44-16-12-25(13-17-44)14-18-49-27-10-11-30(40-22-27)32-20-31-26(21-39-32)19-33(42-31)35-9-5-15-43(35)2/h4,7-8,10-11,19-22,24-25,35-36,42H,3,5-6,9,12-18,23H2,1-2H3,(H,41,46,47). The number of carbonyl (C=O) groups excluding carboxylic acids is 3. The SMILES string of the molecule is CCCC(C(=O)NC=O)N1Cc2c(cccc2N2CCC(CCOc3ccc(-c4cc5[nH]c(C6CCCN6C)cc5cn4)nc3)CC2)C1=O. The summed E-state index contributed by atoms with van der Waals surface area (Å²) < 4.78 is 6.11. The zero-order chi connectivity index (χ0) is 33.9. The molecule has 0 bridgehead atoms. The number of anilines is 1. The van der Waals surface area contributed by atoms with Gasteiger partial charge >= 0.3 is 0 Å². The number of likely N-dealkylation sites (tertiary alicyclic amines) is 1. The van der Waals surface area contributed by atoms with Crippen LogP contribution in [0.15, 0.2) is 54.9 Å². The average Bonchev–Trinajstić information content (AvgIpc) is 3.84. The molecule has 0 radical (unpaired) electrons. The molecule has 256 valence electrons. The van der Waals surface area contributed by atoms with E-state index >= 15 is 0 Å². The first-order valence-electron chi connectivity index (χ1n) is 17.6. The predicted molar refractivity (Wildman–Crippen MR) is 188 cm³/mol. The van der Waals surface area contributed by atoms with Crippen LogP contribution in [-0.4, -0.2) is 82.3 Å². The van der Waals surface area contributed by atoms with Crippen LogP contribution >= 0.6 is 0 Å². The van der Waals surface area contributed by atoms with Gasteiger partial charge in [-0.05, 0) is 94.4 Å². The van der Waals surface area contributed by atoms with Crippen molar-refractivity contribution in [2.75, 3.05) is 38.2 Å². The number of nitrogens with zero attached hydrogens (tertiary/aromatic N) is 5. The molecule has 0 aliphatic carbocycles. The minimum atomic E-state index is -0.664. The van der Waals surface area contributed by atoms with Crippen molar-refractivity contribution in [3.8, 4) is 17.1 Å². The van der Waals surface area contributed by atoms with E-state index in [0.29, 0.717) is 43.5 Å². The molecule has 2 saturated heterocycles. The van der Waals surface area contributed by atoms with Gasteiger partial charge in [-0.15, -0.1) is 0 Å². The quantitative estimate of drug-likeness (QED) is 0.191. The highest BCUT2D eigenvalue weighted by atomic mass is 16.5. The highest BCUT2D eigenvalue weighted by Crippen LogP contribution is 2.36. The highest BCUT2D eigenvalue weighted by molar-refractivity contribution is 6.03. The summed E-state index contributed by atoms with van der Waals surface area (Å²) >= 11 is 0. The highest BCUT2D eigenvalue weighted by Gasteiger charge is 2.38. The van der Waals surface area contributed by atoms with Crippen LogP contribution in [0.5, 0.6) is 5.75 Å². The summed E-state index contributed by atoms with van der Waals surface area (Å²) in [6.45, 7) is 5.89. The number of nitrogens with one attached hydrogen (secondary N) is 2. The molecule has 2 fully saturated rings. The number of aromatic nitrogens is 3. The van der Waals surface area contributed by atoms with Crippen molar-refractivity contribution in [2.24, 2.45) is 5.92 Å². The number of pyridine rings is 2. The first kappa shape index (κ1) is 32.8. The van der Waals surface area contributed by atoms with E-state index < -0.39 is 11.9 Å². The Hall–Kier alpha value is -4.77. The molecular formula is C38H45N7O4. The van der Waals surface area contributed by atoms with E-state index in [0.717, 1.165) is 84.6 Å². The number of aromatic amines is 1. The number of amides is 3. The van der Waals surface area contributed by atoms with Crippen molar-refractivity contribution in [2.45, 2.75) is 70.5 Å². The molecular weight excluding hydrogens is 618 g/mol. The fourth-order valence-electron chi connectivity index (χ4n) is 7.84. The van der Waals surface area contributed by atoms with Gasteiger partial charge in [-0.2, -0.15) is 0 Å². The number of benzene rings is 1. The molecule has 11 heteroatoms. The minimum Gasteiger partial charge on any atom is -0.492 e. The molecule has 3 amide bonds. The van der Waals surface area contributed by atoms with Crippen molar-refractivity contribution in [3.05, 3.63) is 71.7 Å². The molecule has 1 aromatic carbocycles. The second kappa shape index (κ2) is 14.4. The topological polar surface area (TPSA) is 124 Å². The van der Waals surface area contributed by atoms with E-state index in [1.807, 2.05) is 37.4 Å². The number of imide groups is 1. The maximum Gasteiger partial charge on any atom is 0.255 e. The fourth-order valence-corrected chi connectivity index (χ4v) is 7.84. The molecule has 11 nitrogen and oxygen atoms in total. The Labute approximate surface area is 287 Å². The van der Waals surface area contributed by atoms with E-state index in [9.17, 15) is 14.4 Å². The monoisotopic (exact) mass is 663 g/mol. The lowest BCUT2D eigenvalue weighted by molar-refractivity contribution is -0.129. The third-order valence-electron chi connectivity index (χ3n) is 10.6. The summed E-state index contributed by atoms with van der Waals surface area (Å²) in [5.41, 5.74) is 6.67. The van der Waals surface area contributed by atoms with Gasteiger partial charge in [0, 0.05) is 65.3 Å². The lowest BCUT2D eigenvalue weighted by Gasteiger charge is -2.35. The Bertz CT molecular complexity index is 1810. The Balaban J connectivity index is 0.909. The molecule has 3 aliphatic rings. The number of ether oxygens (including phenoxy) is 1. The van der Waals surface area contributed by atoms with Crippen molar-refractivity contribution < 1.29 is 19.1 Å². The van der Waals surface area contributed by atoms with Gasteiger partial charge in [0.2, 0.25) is 12.3 Å². The summed E-state index contributed by atoms with van der Waals surface area (Å²) in [5.74, 6) is 0.725. The van der Waals surface area contributed by atoms with E-state index in [1.165, 1.54) is 18.5 Å². The molecule has 2 N–H and O–H groups in total. The zero-order valence-corrected chi connectivity index (χ0v) is 28.4. The third kappa shape index (κ3) is 6.76. The summed E-state index contributed by atoms with van der Waals surface area (Å²) in [6.07, 6.45) is 10.8. The fraction of sp³-hybridized carbons (Fsp3) is 0.447. The largest absolute Gasteiger partial charge is 0.492 e. The van der Waals surface area contributed by atoms with E-state index in [4.69, 9.17) is 4.74 Å². The Morgan fingerprint density at radius 1 is 1.08 bits per heavy atom. The second-order valence-corrected chi connectivity index (χ2v) is 13.6. The van der Waals surface area contributed by atoms with Gasteiger partial charge in [0.25, 0.3) is 5.91 Å². The molecule has 2 unspecified atom stereocenters. The van der Waals surface area contributed by atoms with Crippen molar-refractivity contribution in [3.63, 3.8) is 0 Å². The summed E-state index contributed by atoms with van der Waals surface area (Å²) in [4.78, 5) is 56.2. The van der Waals surface area contributed by atoms with Gasteiger partial charge in [-0.25, -0.2) is 0 Å². The summed E-state index contributed by atoms with van der Waals surface area (Å²) in [7, 11) is 2.19. The minimum absolute atomic E-state index is 0.148. The van der Waals surface area contributed by atoms with E-state index in [-0.39, 0.29) is 5.91 Å². The van der Waals surface area contributed by atoms with Gasteiger partial charge in [0.05, 0.1) is 24.2 Å². The van der Waals surface area contributed by atoms with Crippen LogP contribution in [-0.2, 0) is 16.1 Å². The normalized spacial score (nSPS) is 19.0. The molecule has 3 aliphatic heterocycles. The van der Waals surface area contributed by atoms with Crippen LogP contribution in [0.1, 0.15) is 79.5 Å².